The van der Waals surface area contributed by atoms with Gasteiger partial charge in [-0.15, -0.1) is 0 Å². The number of hydrogen-bond acceptors (Lipinski definition) is 2. The van der Waals surface area contributed by atoms with Crippen molar-refractivity contribution in [3.63, 3.8) is 0 Å². The second kappa shape index (κ2) is 7.01. The molecule has 108 valence electrons. The van der Waals surface area contributed by atoms with Crippen LogP contribution in [0.5, 0.6) is 0 Å². The summed E-state index contributed by atoms with van der Waals surface area (Å²) in [4.78, 5) is 1.29. The molecule has 0 bridgehead atoms. The highest BCUT2D eigenvalue weighted by molar-refractivity contribution is 6.31. The Hall–Kier alpha value is -0.940. The van der Waals surface area contributed by atoms with E-state index in [0.717, 1.165) is 6.54 Å². The molecular formula is C13H18ClF3N2. The van der Waals surface area contributed by atoms with E-state index in [2.05, 4.69) is 5.32 Å². The van der Waals surface area contributed by atoms with Crippen LogP contribution < -0.4 is 10.2 Å². The summed E-state index contributed by atoms with van der Waals surface area (Å²) in [5, 5.41) is 3.58. The minimum atomic E-state index is -4.23. The van der Waals surface area contributed by atoms with Crippen molar-refractivity contribution in [2.45, 2.75) is 26.6 Å². The Morgan fingerprint density at radius 2 is 1.95 bits per heavy atom. The van der Waals surface area contributed by atoms with Crippen molar-refractivity contribution in [2.24, 2.45) is 0 Å². The van der Waals surface area contributed by atoms with Crippen LogP contribution in [0.15, 0.2) is 18.2 Å². The molecule has 1 rings (SSSR count). The molecule has 0 aliphatic rings. The van der Waals surface area contributed by atoms with Crippen molar-refractivity contribution >= 4 is 17.3 Å². The van der Waals surface area contributed by atoms with Gasteiger partial charge >= 0.3 is 6.18 Å². The van der Waals surface area contributed by atoms with Crippen LogP contribution in [0.2, 0.25) is 5.02 Å². The second-order valence-corrected chi connectivity index (χ2v) is 4.55. The predicted octanol–water partition coefficient (Wildman–Crippen LogP) is 3.84. The third-order valence-electron chi connectivity index (χ3n) is 2.74. The van der Waals surface area contributed by atoms with Gasteiger partial charge in [-0.25, -0.2) is 0 Å². The Balaban J connectivity index is 3.05. The fourth-order valence-corrected chi connectivity index (χ4v) is 2.09. The molecular weight excluding hydrogens is 277 g/mol. The van der Waals surface area contributed by atoms with E-state index in [-0.39, 0.29) is 6.54 Å². The quantitative estimate of drug-likeness (QED) is 0.857. The lowest BCUT2D eigenvalue weighted by Gasteiger charge is -2.27. The Bertz CT molecular complexity index is 407. The highest BCUT2D eigenvalue weighted by Crippen LogP contribution is 2.29. The molecule has 0 aromatic heterocycles. The molecule has 1 aromatic carbocycles. The van der Waals surface area contributed by atoms with Crippen molar-refractivity contribution in [3.8, 4) is 0 Å². The van der Waals surface area contributed by atoms with Gasteiger partial charge in [0.05, 0.1) is 0 Å². The summed E-state index contributed by atoms with van der Waals surface area (Å²) in [5.74, 6) is 0. The lowest BCUT2D eigenvalue weighted by Crippen LogP contribution is -2.35. The zero-order chi connectivity index (χ0) is 14.5. The third-order valence-corrected chi connectivity index (χ3v) is 3.09. The SMILES string of the molecule is CCNCc1c(Cl)cccc1N(CC)CC(F)(F)F. The van der Waals surface area contributed by atoms with Crippen LogP contribution in [0, 0.1) is 0 Å². The zero-order valence-electron chi connectivity index (χ0n) is 11.0. The average molecular weight is 295 g/mol. The van der Waals surface area contributed by atoms with Crippen LogP contribution in [-0.4, -0.2) is 25.8 Å². The summed E-state index contributed by atoms with van der Waals surface area (Å²) in [6.45, 7) is 4.13. The number of halogens is 4. The predicted molar refractivity (Wildman–Crippen MR) is 72.8 cm³/mol. The van der Waals surface area contributed by atoms with Crippen LogP contribution >= 0.6 is 11.6 Å². The van der Waals surface area contributed by atoms with Gasteiger partial charge in [-0.1, -0.05) is 24.6 Å². The van der Waals surface area contributed by atoms with Crippen molar-refractivity contribution < 1.29 is 13.2 Å². The molecule has 0 spiro atoms. The van der Waals surface area contributed by atoms with E-state index in [0.29, 0.717) is 22.8 Å². The molecule has 0 aliphatic carbocycles. The molecule has 0 saturated heterocycles. The van der Waals surface area contributed by atoms with Crippen molar-refractivity contribution in [1.82, 2.24) is 5.32 Å². The largest absolute Gasteiger partial charge is 0.405 e. The highest BCUT2D eigenvalue weighted by atomic mass is 35.5. The Kier molecular flexibility index (Phi) is 5.94. The monoisotopic (exact) mass is 294 g/mol. The van der Waals surface area contributed by atoms with Gasteiger partial charge in [0.15, 0.2) is 0 Å². The molecule has 0 saturated carbocycles. The first kappa shape index (κ1) is 16.1. The molecule has 0 amide bonds. The summed E-state index contributed by atoms with van der Waals surface area (Å²) < 4.78 is 37.7. The first-order chi connectivity index (χ1) is 8.89. The van der Waals surface area contributed by atoms with Crippen LogP contribution in [0.3, 0.4) is 0 Å². The van der Waals surface area contributed by atoms with E-state index in [1.54, 1.807) is 25.1 Å². The third kappa shape index (κ3) is 4.91. The van der Waals surface area contributed by atoms with Gasteiger partial charge in [0.1, 0.15) is 6.54 Å². The molecule has 0 unspecified atom stereocenters. The Morgan fingerprint density at radius 1 is 1.26 bits per heavy atom. The van der Waals surface area contributed by atoms with Crippen LogP contribution in [0.1, 0.15) is 19.4 Å². The van der Waals surface area contributed by atoms with E-state index in [1.807, 2.05) is 6.92 Å². The average Bonchev–Trinajstić information content (AvgIpc) is 2.33. The standard InChI is InChI=1S/C13H18ClF3N2/c1-3-18-8-10-11(14)6-5-7-12(10)19(4-2)9-13(15,16)17/h5-7,18H,3-4,8-9H2,1-2H3. The van der Waals surface area contributed by atoms with E-state index in [4.69, 9.17) is 11.6 Å². The molecule has 0 heterocycles. The molecule has 1 aromatic rings. The molecule has 0 fully saturated rings. The first-order valence-electron chi connectivity index (χ1n) is 6.18. The smallest absolute Gasteiger partial charge is 0.363 e. The molecule has 1 N–H and O–H groups in total. The van der Waals surface area contributed by atoms with E-state index < -0.39 is 12.7 Å². The van der Waals surface area contributed by atoms with Crippen molar-refractivity contribution in [1.29, 1.82) is 0 Å². The highest BCUT2D eigenvalue weighted by Gasteiger charge is 2.31. The Morgan fingerprint density at radius 3 is 2.47 bits per heavy atom. The number of benzene rings is 1. The van der Waals surface area contributed by atoms with Crippen molar-refractivity contribution in [3.05, 3.63) is 28.8 Å². The summed E-state index contributed by atoms with van der Waals surface area (Å²) in [7, 11) is 0. The second-order valence-electron chi connectivity index (χ2n) is 4.15. The van der Waals surface area contributed by atoms with Gasteiger partial charge in [-0.05, 0) is 25.6 Å². The fourth-order valence-electron chi connectivity index (χ4n) is 1.85. The summed E-state index contributed by atoms with van der Waals surface area (Å²) in [5.41, 5.74) is 1.24. The van der Waals surface area contributed by atoms with Gasteiger partial charge in [-0.2, -0.15) is 13.2 Å². The molecule has 2 nitrogen and oxygen atoms in total. The minimum Gasteiger partial charge on any atom is -0.363 e. The number of hydrogen-bond donors (Lipinski definition) is 1. The number of nitrogens with zero attached hydrogens (tertiary/aromatic N) is 1. The van der Waals surface area contributed by atoms with E-state index >= 15 is 0 Å². The van der Waals surface area contributed by atoms with Gasteiger partial charge in [0.25, 0.3) is 0 Å². The van der Waals surface area contributed by atoms with Gasteiger partial charge in [-0.3, -0.25) is 0 Å². The fraction of sp³-hybridized carbons (Fsp3) is 0.538. The van der Waals surface area contributed by atoms with Crippen LogP contribution in [0.4, 0.5) is 18.9 Å². The minimum absolute atomic E-state index is 0.277. The van der Waals surface area contributed by atoms with Gasteiger partial charge in [0.2, 0.25) is 0 Å². The molecule has 0 atom stereocenters. The molecule has 0 radical (unpaired) electrons. The number of rotatable bonds is 6. The van der Waals surface area contributed by atoms with E-state index in [9.17, 15) is 13.2 Å². The first-order valence-corrected chi connectivity index (χ1v) is 6.56. The van der Waals surface area contributed by atoms with Crippen LogP contribution in [0.25, 0.3) is 0 Å². The summed E-state index contributed by atoms with van der Waals surface area (Å²) >= 11 is 6.09. The molecule has 0 aliphatic heterocycles. The van der Waals surface area contributed by atoms with E-state index in [1.165, 1.54) is 4.90 Å². The topological polar surface area (TPSA) is 15.3 Å². The number of anilines is 1. The number of nitrogens with one attached hydrogen (secondary N) is 1. The molecule has 19 heavy (non-hydrogen) atoms. The Labute approximate surface area is 116 Å². The van der Waals surface area contributed by atoms with Gasteiger partial charge in [0, 0.05) is 29.4 Å². The summed E-state index contributed by atoms with van der Waals surface area (Å²) in [6, 6.07) is 5.04. The van der Waals surface area contributed by atoms with Crippen LogP contribution in [-0.2, 0) is 6.54 Å². The maximum absolute atomic E-state index is 12.6. The maximum atomic E-state index is 12.6. The zero-order valence-corrected chi connectivity index (χ0v) is 11.8. The maximum Gasteiger partial charge on any atom is 0.405 e. The molecule has 6 heteroatoms. The lowest BCUT2D eigenvalue weighted by atomic mass is 10.1. The van der Waals surface area contributed by atoms with Gasteiger partial charge < -0.3 is 10.2 Å². The lowest BCUT2D eigenvalue weighted by molar-refractivity contribution is -0.119. The number of alkyl halides is 3. The van der Waals surface area contributed by atoms with Crippen molar-refractivity contribution in [2.75, 3.05) is 24.5 Å². The summed E-state index contributed by atoms with van der Waals surface area (Å²) in [6.07, 6.45) is -4.23. The normalized spacial score (nSPS) is 11.7.